The predicted molar refractivity (Wildman–Crippen MR) is 65.5 cm³/mol. The van der Waals surface area contributed by atoms with Crippen LogP contribution in [-0.2, 0) is 4.79 Å². The first-order valence-electron chi connectivity index (χ1n) is 6.58. The Hall–Kier alpha value is -0.410. The number of rotatable bonds is 3. The molecule has 2 fully saturated rings. The first-order valence-corrected chi connectivity index (χ1v) is 6.58. The number of carbonyl (C=O) groups excluding carboxylic acids is 1. The molecule has 2 unspecified atom stereocenters. The maximum atomic E-state index is 11.8. The van der Waals surface area contributed by atoms with E-state index in [4.69, 9.17) is 0 Å². The molecule has 3 heteroatoms. The van der Waals surface area contributed by atoms with E-state index in [1.165, 1.54) is 19.4 Å². The lowest BCUT2D eigenvalue weighted by atomic mass is 9.87. The third kappa shape index (κ3) is 2.83. The van der Waals surface area contributed by atoms with Gasteiger partial charge in [-0.3, -0.25) is 4.79 Å². The summed E-state index contributed by atoms with van der Waals surface area (Å²) in [6.07, 6.45) is 5.59. The van der Waals surface area contributed by atoms with Crippen LogP contribution in [0.2, 0.25) is 0 Å². The summed E-state index contributed by atoms with van der Waals surface area (Å²) in [4.78, 5) is 16.6. The van der Waals surface area contributed by atoms with Crippen molar-refractivity contribution in [2.45, 2.75) is 38.1 Å². The minimum Gasteiger partial charge on any atom is -0.305 e. The lowest BCUT2D eigenvalue weighted by Gasteiger charge is -2.26. The van der Waals surface area contributed by atoms with Gasteiger partial charge in [-0.25, -0.2) is 0 Å². The Morgan fingerprint density at radius 2 is 2.12 bits per heavy atom. The molecule has 1 aliphatic heterocycles. The molecule has 0 spiro atoms. The van der Waals surface area contributed by atoms with E-state index in [1.807, 2.05) is 0 Å². The summed E-state index contributed by atoms with van der Waals surface area (Å²) in [5, 5.41) is 0. The average molecular weight is 224 g/mol. The summed E-state index contributed by atoms with van der Waals surface area (Å²) in [5.41, 5.74) is 0. The number of hydrogen-bond donors (Lipinski definition) is 0. The summed E-state index contributed by atoms with van der Waals surface area (Å²) in [6, 6.07) is 0.693. The van der Waals surface area contributed by atoms with Crippen molar-refractivity contribution in [2.24, 2.45) is 5.92 Å². The van der Waals surface area contributed by atoms with Gasteiger partial charge < -0.3 is 9.80 Å². The van der Waals surface area contributed by atoms with Gasteiger partial charge in [0.25, 0.3) is 0 Å². The van der Waals surface area contributed by atoms with Crippen molar-refractivity contribution in [3.63, 3.8) is 0 Å². The van der Waals surface area contributed by atoms with Gasteiger partial charge in [0.1, 0.15) is 5.78 Å². The fraction of sp³-hybridized carbons (Fsp3) is 0.923. The molecule has 0 aromatic carbocycles. The third-order valence-corrected chi connectivity index (χ3v) is 4.14. The van der Waals surface area contributed by atoms with Crippen LogP contribution in [0.5, 0.6) is 0 Å². The van der Waals surface area contributed by atoms with Crippen molar-refractivity contribution >= 4 is 5.78 Å². The molecule has 0 amide bonds. The van der Waals surface area contributed by atoms with E-state index in [0.29, 0.717) is 17.7 Å². The van der Waals surface area contributed by atoms with Crippen LogP contribution in [0, 0.1) is 5.92 Å². The molecule has 0 aromatic rings. The summed E-state index contributed by atoms with van der Waals surface area (Å²) >= 11 is 0. The summed E-state index contributed by atoms with van der Waals surface area (Å²) in [7, 11) is 4.31. The van der Waals surface area contributed by atoms with Crippen molar-refractivity contribution in [2.75, 3.05) is 33.7 Å². The smallest absolute Gasteiger partial charge is 0.137 e. The molecule has 3 nitrogen and oxygen atoms in total. The van der Waals surface area contributed by atoms with Crippen LogP contribution in [0.3, 0.4) is 0 Å². The molecule has 1 saturated carbocycles. The van der Waals surface area contributed by atoms with Crippen molar-refractivity contribution < 1.29 is 4.79 Å². The van der Waals surface area contributed by atoms with Gasteiger partial charge in [0, 0.05) is 31.5 Å². The predicted octanol–water partition coefficient (Wildman–Crippen LogP) is 1.38. The highest BCUT2D eigenvalue weighted by Crippen LogP contribution is 2.23. The molecule has 92 valence electrons. The van der Waals surface area contributed by atoms with E-state index in [-0.39, 0.29) is 0 Å². The summed E-state index contributed by atoms with van der Waals surface area (Å²) < 4.78 is 0. The number of carbonyl (C=O) groups is 1. The number of likely N-dealkylation sites (tertiary alicyclic amines) is 1. The normalized spacial score (nSPS) is 32.6. The van der Waals surface area contributed by atoms with Crippen molar-refractivity contribution in [1.82, 2.24) is 9.80 Å². The largest absolute Gasteiger partial charge is 0.305 e. The standard InChI is InChI=1S/C13H24N2O/c1-14(2)12-7-8-15(10-12)9-11-5-3-4-6-13(11)16/h11-12H,3-10H2,1-2H3. The number of nitrogens with zero attached hydrogens (tertiary/aromatic N) is 2. The Kier molecular flexibility index (Phi) is 3.98. The van der Waals surface area contributed by atoms with E-state index >= 15 is 0 Å². The van der Waals surface area contributed by atoms with Gasteiger partial charge in [0.05, 0.1) is 0 Å². The number of Topliss-reactive ketones (excluding diaryl/α,β-unsaturated/α-hetero) is 1. The second-order valence-electron chi connectivity index (χ2n) is 5.57. The quantitative estimate of drug-likeness (QED) is 0.723. The Labute approximate surface area is 98.8 Å². The van der Waals surface area contributed by atoms with Crippen LogP contribution < -0.4 is 0 Å². The van der Waals surface area contributed by atoms with Gasteiger partial charge in [-0.05, 0) is 39.9 Å². The first kappa shape index (κ1) is 12.1. The molecule has 2 aliphatic rings. The molecule has 1 aliphatic carbocycles. The van der Waals surface area contributed by atoms with Gasteiger partial charge in [0.15, 0.2) is 0 Å². The zero-order valence-electron chi connectivity index (χ0n) is 10.6. The van der Waals surface area contributed by atoms with Gasteiger partial charge in [-0.1, -0.05) is 6.42 Å². The van der Waals surface area contributed by atoms with Crippen molar-refractivity contribution in [3.05, 3.63) is 0 Å². The lowest BCUT2D eigenvalue weighted by molar-refractivity contribution is -0.125. The first-order chi connectivity index (χ1) is 7.66. The highest BCUT2D eigenvalue weighted by Gasteiger charge is 2.29. The molecule has 0 bridgehead atoms. The van der Waals surface area contributed by atoms with Gasteiger partial charge in [-0.2, -0.15) is 0 Å². The Balaban J connectivity index is 1.80. The average Bonchev–Trinajstić information content (AvgIpc) is 2.70. The number of hydrogen-bond acceptors (Lipinski definition) is 3. The van der Waals surface area contributed by atoms with E-state index in [1.54, 1.807) is 0 Å². The summed E-state index contributed by atoms with van der Waals surface area (Å²) in [5.74, 6) is 0.856. The molecular weight excluding hydrogens is 200 g/mol. The molecule has 0 aromatic heterocycles. The molecule has 16 heavy (non-hydrogen) atoms. The number of likely N-dealkylation sites (N-methyl/N-ethyl adjacent to an activating group) is 1. The molecule has 1 saturated heterocycles. The lowest BCUT2D eigenvalue weighted by Crippen LogP contribution is -2.36. The topological polar surface area (TPSA) is 23.6 Å². The zero-order chi connectivity index (χ0) is 11.5. The highest BCUT2D eigenvalue weighted by atomic mass is 16.1. The fourth-order valence-electron chi connectivity index (χ4n) is 2.96. The van der Waals surface area contributed by atoms with Crippen molar-refractivity contribution in [3.8, 4) is 0 Å². The maximum absolute atomic E-state index is 11.8. The Morgan fingerprint density at radius 3 is 2.75 bits per heavy atom. The maximum Gasteiger partial charge on any atom is 0.137 e. The van der Waals surface area contributed by atoms with Crippen LogP contribution in [0.4, 0.5) is 0 Å². The van der Waals surface area contributed by atoms with Crippen LogP contribution in [0.1, 0.15) is 32.1 Å². The van der Waals surface area contributed by atoms with Crippen molar-refractivity contribution in [1.29, 1.82) is 0 Å². The zero-order valence-corrected chi connectivity index (χ0v) is 10.6. The second kappa shape index (κ2) is 5.28. The molecule has 2 rings (SSSR count). The Bertz CT molecular complexity index is 252. The third-order valence-electron chi connectivity index (χ3n) is 4.14. The van der Waals surface area contributed by atoms with Crippen LogP contribution in [0.25, 0.3) is 0 Å². The molecule has 1 heterocycles. The molecule has 0 N–H and O–H groups in total. The monoisotopic (exact) mass is 224 g/mol. The number of ketones is 1. The second-order valence-corrected chi connectivity index (χ2v) is 5.57. The van der Waals surface area contributed by atoms with Gasteiger partial charge in [0.2, 0.25) is 0 Å². The van der Waals surface area contributed by atoms with E-state index < -0.39 is 0 Å². The SMILES string of the molecule is CN(C)C1CCN(CC2CCCCC2=O)C1. The van der Waals surface area contributed by atoms with E-state index in [9.17, 15) is 4.79 Å². The fourth-order valence-corrected chi connectivity index (χ4v) is 2.96. The van der Waals surface area contributed by atoms with Crippen LogP contribution >= 0.6 is 0 Å². The van der Waals surface area contributed by atoms with Crippen LogP contribution in [-0.4, -0.2) is 55.4 Å². The van der Waals surface area contributed by atoms with E-state index in [2.05, 4.69) is 23.9 Å². The van der Waals surface area contributed by atoms with Gasteiger partial charge in [-0.15, -0.1) is 0 Å². The van der Waals surface area contributed by atoms with Gasteiger partial charge >= 0.3 is 0 Å². The van der Waals surface area contributed by atoms with E-state index in [0.717, 1.165) is 32.4 Å². The van der Waals surface area contributed by atoms with Crippen LogP contribution in [0.15, 0.2) is 0 Å². The molecule has 2 atom stereocenters. The summed E-state index contributed by atoms with van der Waals surface area (Å²) in [6.45, 7) is 3.34. The molecule has 0 radical (unpaired) electrons. The molecular formula is C13H24N2O. The minimum atomic E-state index is 0.342. The highest BCUT2D eigenvalue weighted by molar-refractivity contribution is 5.81. The Morgan fingerprint density at radius 1 is 1.31 bits per heavy atom. The minimum absolute atomic E-state index is 0.342.